The largest absolute Gasteiger partial charge is 0.377 e. The Kier molecular flexibility index (Phi) is 7.19. The Hall–Kier alpha value is -2.58. The molecule has 2 unspecified atom stereocenters. The van der Waals surface area contributed by atoms with Gasteiger partial charge in [0.1, 0.15) is 0 Å². The molecule has 3 aromatic rings. The summed E-state index contributed by atoms with van der Waals surface area (Å²) in [6.45, 7) is 14.7. The minimum atomic E-state index is -0.240. The molecule has 1 N–H and O–H groups in total. The molecule has 1 aliphatic heterocycles. The predicted octanol–water partition coefficient (Wildman–Crippen LogP) is 4.41. The van der Waals surface area contributed by atoms with E-state index in [0.717, 1.165) is 61.1 Å². The van der Waals surface area contributed by atoms with Crippen molar-refractivity contribution >= 4 is 10.9 Å². The number of hydrogen-bond acceptors (Lipinski definition) is 6. The van der Waals surface area contributed by atoms with Crippen molar-refractivity contribution in [3.05, 3.63) is 51.1 Å². The Bertz CT molecular complexity index is 1190. The maximum Gasteiger partial charge on any atom is 0.252 e. The van der Waals surface area contributed by atoms with Gasteiger partial charge >= 0.3 is 0 Å². The summed E-state index contributed by atoms with van der Waals surface area (Å²) < 4.78 is 7.93. The average molecular weight is 467 g/mol. The predicted molar refractivity (Wildman–Crippen MR) is 134 cm³/mol. The van der Waals surface area contributed by atoms with E-state index in [-0.39, 0.29) is 23.2 Å². The topological polar surface area (TPSA) is 88.9 Å². The fourth-order valence-electron chi connectivity index (χ4n) is 4.84. The van der Waals surface area contributed by atoms with Crippen molar-refractivity contribution in [2.45, 2.75) is 91.5 Å². The lowest BCUT2D eigenvalue weighted by molar-refractivity contribution is 0.0465. The number of nitrogens with zero attached hydrogens (tertiary/aromatic N) is 5. The molecule has 4 rings (SSSR count). The summed E-state index contributed by atoms with van der Waals surface area (Å²) in [4.78, 5) is 18.6. The number of aromatic amines is 1. The second-order valence-corrected chi connectivity index (χ2v) is 10.6. The number of nitrogens with one attached hydrogen (secondary N) is 1. The molecule has 0 bridgehead atoms. The van der Waals surface area contributed by atoms with E-state index >= 15 is 0 Å². The third-order valence-corrected chi connectivity index (χ3v) is 6.80. The SMILES string of the molecule is CCCC(c1nnnn1C(C)(C)C)N(Cc1cc2cc(C)c(C)cc2[nH]c1=O)CC1CCCO1. The molecule has 1 fully saturated rings. The van der Waals surface area contributed by atoms with E-state index in [9.17, 15) is 4.79 Å². The smallest absolute Gasteiger partial charge is 0.252 e. The Labute approximate surface area is 201 Å². The summed E-state index contributed by atoms with van der Waals surface area (Å²) >= 11 is 0. The van der Waals surface area contributed by atoms with Gasteiger partial charge in [-0.25, -0.2) is 4.68 Å². The van der Waals surface area contributed by atoms with E-state index in [2.05, 4.69) is 79.1 Å². The van der Waals surface area contributed by atoms with E-state index < -0.39 is 0 Å². The van der Waals surface area contributed by atoms with Gasteiger partial charge < -0.3 is 9.72 Å². The highest BCUT2D eigenvalue weighted by molar-refractivity contribution is 5.80. The summed E-state index contributed by atoms with van der Waals surface area (Å²) in [5.74, 6) is 0.844. The molecule has 0 amide bonds. The minimum Gasteiger partial charge on any atom is -0.377 e. The normalized spacial score (nSPS) is 17.7. The summed E-state index contributed by atoms with van der Waals surface area (Å²) in [6, 6.07) is 6.23. The Balaban J connectivity index is 1.75. The van der Waals surface area contributed by atoms with Crippen LogP contribution in [0.2, 0.25) is 0 Å². The Morgan fingerprint density at radius 1 is 1.24 bits per heavy atom. The molecule has 0 aliphatic carbocycles. The second kappa shape index (κ2) is 9.96. The molecule has 0 radical (unpaired) electrons. The van der Waals surface area contributed by atoms with Crippen LogP contribution in [0, 0.1) is 13.8 Å². The van der Waals surface area contributed by atoms with Crippen molar-refractivity contribution in [2.75, 3.05) is 13.2 Å². The number of aromatic nitrogens is 5. The van der Waals surface area contributed by atoms with E-state index in [0.29, 0.717) is 6.54 Å². The van der Waals surface area contributed by atoms with Gasteiger partial charge in [0, 0.05) is 30.8 Å². The monoisotopic (exact) mass is 466 g/mol. The molecule has 0 saturated carbocycles. The lowest BCUT2D eigenvalue weighted by atomic mass is 10.0. The number of aryl methyl sites for hydroxylation is 2. The van der Waals surface area contributed by atoms with Crippen LogP contribution in [0.3, 0.4) is 0 Å². The van der Waals surface area contributed by atoms with Gasteiger partial charge in [0.25, 0.3) is 5.56 Å². The van der Waals surface area contributed by atoms with Crippen LogP contribution in [0.1, 0.15) is 81.9 Å². The zero-order valence-corrected chi connectivity index (χ0v) is 21.4. The van der Waals surface area contributed by atoms with Gasteiger partial charge in [0.05, 0.1) is 17.7 Å². The highest BCUT2D eigenvalue weighted by Gasteiger charge is 2.32. The molecule has 184 valence electrons. The van der Waals surface area contributed by atoms with Gasteiger partial charge in [-0.15, -0.1) is 5.10 Å². The van der Waals surface area contributed by atoms with Crippen molar-refractivity contribution < 1.29 is 4.74 Å². The maximum atomic E-state index is 13.1. The van der Waals surface area contributed by atoms with Crippen LogP contribution in [-0.2, 0) is 16.8 Å². The van der Waals surface area contributed by atoms with Gasteiger partial charge in [-0.05, 0) is 99.0 Å². The number of benzene rings is 1. The molecule has 1 aliphatic rings. The second-order valence-electron chi connectivity index (χ2n) is 10.6. The molecule has 1 aromatic carbocycles. The number of hydrogen-bond donors (Lipinski definition) is 1. The van der Waals surface area contributed by atoms with E-state index in [1.54, 1.807) is 0 Å². The first kappa shape index (κ1) is 24.5. The molecule has 3 heterocycles. The minimum absolute atomic E-state index is 0.0155. The van der Waals surface area contributed by atoms with Crippen LogP contribution in [0.25, 0.3) is 10.9 Å². The standard InChI is InChI=1S/C26H38N6O2/c1-7-9-23(24-28-29-30-32(24)26(4,5)6)31(16-21-10-8-11-34-21)15-20-14-19-12-17(2)18(3)13-22(19)27-25(20)33/h12-14,21,23H,7-11,15-16H2,1-6H3,(H,27,33). The Morgan fingerprint density at radius 3 is 2.68 bits per heavy atom. The number of tetrazole rings is 1. The van der Waals surface area contributed by atoms with Crippen molar-refractivity contribution in [1.29, 1.82) is 0 Å². The number of fused-ring (bicyclic) bond motifs is 1. The summed E-state index contributed by atoms with van der Waals surface area (Å²) in [7, 11) is 0. The molecule has 8 heteroatoms. The molecule has 2 atom stereocenters. The first-order chi connectivity index (χ1) is 16.2. The summed E-state index contributed by atoms with van der Waals surface area (Å²) in [6.07, 6.45) is 4.14. The van der Waals surface area contributed by atoms with Gasteiger partial charge in [-0.1, -0.05) is 13.3 Å². The number of rotatable bonds is 8. The van der Waals surface area contributed by atoms with E-state index in [1.165, 1.54) is 11.1 Å². The van der Waals surface area contributed by atoms with Gasteiger partial charge in [0.2, 0.25) is 0 Å². The third kappa shape index (κ3) is 5.23. The molecular formula is C26H38N6O2. The van der Waals surface area contributed by atoms with Crippen LogP contribution < -0.4 is 5.56 Å². The van der Waals surface area contributed by atoms with Crippen LogP contribution >= 0.6 is 0 Å². The average Bonchev–Trinajstić information content (AvgIpc) is 3.45. The van der Waals surface area contributed by atoms with Crippen molar-refractivity contribution in [2.24, 2.45) is 0 Å². The van der Waals surface area contributed by atoms with Crippen LogP contribution in [0.15, 0.2) is 23.0 Å². The van der Waals surface area contributed by atoms with Crippen molar-refractivity contribution in [3.63, 3.8) is 0 Å². The quantitative estimate of drug-likeness (QED) is 0.529. The number of H-pyrrole nitrogens is 1. The number of ether oxygens (including phenoxy) is 1. The highest BCUT2D eigenvalue weighted by Crippen LogP contribution is 2.30. The lowest BCUT2D eigenvalue weighted by Crippen LogP contribution is -2.39. The van der Waals surface area contributed by atoms with Crippen LogP contribution in [0.4, 0.5) is 0 Å². The van der Waals surface area contributed by atoms with Crippen molar-refractivity contribution in [3.8, 4) is 0 Å². The third-order valence-electron chi connectivity index (χ3n) is 6.80. The fourth-order valence-corrected chi connectivity index (χ4v) is 4.84. The first-order valence-corrected chi connectivity index (χ1v) is 12.4. The molecular weight excluding hydrogens is 428 g/mol. The lowest BCUT2D eigenvalue weighted by Gasteiger charge is -2.34. The van der Waals surface area contributed by atoms with Crippen LogP contribution in [0.5, 0.6) is 0 Å². The molecule has 34 heavy (non-hydrogen) atoms. The van der Waals surface area contributed by atoms with Gasteiger partial charge in [0.15, 0.2) is 5.82 Å². The van der Waals surface area contributed by atoms with E-state index in [4.69, 9.17) is 4.74 Å². The van der Waals surface area contributed by atoms with Gasteiger partial charge in [-0.2, -0.15) is 0 Å². The summed E-state index contributed by atoms with van der Waals surface area (Å²) in [5.41, 5.74) is 3.74. The summed E-state index contributed by atoms with van der Waals surface area (Å²) in [5, 5.41) is 13.9. The molecule has 1 saturated heterocycles. The fraction of sp³-hybridized carbons (Fsp3) is 0.615. The molecule has 2 aromatic heterocycles. The van der Waals surface area contributed by atoms with Crippen LogP contribution in [-0.4, -0.2) is 49.3 Å². The zero-order chi connectivity index (χ0) is 24.5. The highest BCUT2D eigenvalue weighted by atomic mass is 16.5. The van der Waals surface area contributed by atoms with E-state index in [1.807, 2.05) is 10.7 Å². The molecule has 0 spiro atoms. The number of pyridine rings is 1. The first-order valence-electron chi connectivity index (χ1n) is 12.4. The zero-order valence-electron chi connectivity index (χ0n) is 21.4. The Morgan fingerprint density at radius 2 is 2.00 bits per heavy atom. The maximum absolute atomic E-state index is 13.1. The van der Waals surface area contributed by atoms with Crippen molar-refractivity contribution in [1.82, 2.24) is 30.1 Å². The molecule has 8 nitrogen and oxygen atoms in total. The van der Waals surface area contributed by atoms with Gasteiger partial charge in [-0.3, -0.25) is 9.69 Å².